The Balaban J connectivity index is 0.00000450. The number of halogens is 1. The van der Waals surface area contributed by atoms with Crippen molar-refractivity contribution in [2.45, 2.75) is 45.3 Å². The van der Waals surface area contributed by atoms with Crippen LogP contribution in [-0.2, 0) is 16.1 Å². The second kappa shape index (κ2) is 15.5. The molecule has 30 heavy (non-hydrogen) atoms. The molecule has 0 aliphatic carbocycles. The number of likely N-dealkylation sites (N-methyl/N-ethyl adjacent to an activating group) is 1. The van der Waals surface area contributed by atoms with Crippen LogP contribution in [0.15, 0.2) is 27.8 Å². The van der Waals surface area contributed by atoms with Crippen LogP contribution in [0.3, 0.4) is 0 Å². The molecular formula is C21H38IN5O3. The molecule has 1 amide bonds. The van der Waals surface area contributed by atoms with Gasteiger partial charge >= 0.3 is 0 Å². The molecule has 1 aliphatic heterocycles. The van der Waals surface area contributed by atoms with Crippen LogP contribution in [0.1, 0.15) is 38.4 Å². The molecule has 8 nitrogen and oxygen atoms in total. The van der Waals surface area contributed by atoms with Crippen molar-refractivity contribution in [1.82, 2.24) is 20.4 Å². The van der Waals surface area contributed by atoms with E-state index in [2.05, 4.69) is 27.4 Å². The van der Waals surface area contributed by atoms with Crippen LogP contribution in [0.4, 0.5) is 0 Å². The van der Waals surface area contributed by atoms with E-state index < -0.39 is 0 Å². The van der Waals surface area contributed by atoms with E-state index in [9.17, 15) is 4.79 Å². The van der Waals surface area contributed by atoms with Gasteiger partial charge in [-0.3, -0.25) is 14.7 Å². The van der Waals surface area contributed by atoms with Gasteiger partial charge in [0.05, 0.1) is 12.3 Å². The van der Waals surface area contributed by atoms with Crippen molar-refractivity contribution in [2.75, 3.05) is 53.4 Å². The number of aliphatic imine (C=N–C) groups is 1. The van der Waals surface area contributed by atoms with E-state index in [4.69, 9.17) is 9.15 Å². The highest BCUT2D eigenvalue weighted by molar-refractivity contribution is 14.0. The van der Waals surface area contributed by atoms with E-state index in [-0.39, 0.29) is 35.9 Å². The molecule has 1 aromatic heterocycles. The molecule has 1 atom stereocenters. The number of nitrogens with one attached hydrogen (secondary N) is 2. The van der Waals surface area contributed by atoms with Crippen molar-refractivity contribution >= 4 is 35.8 Å². The molecule has 1 aliphatic rings. The molecule has 0 saturated carbocycles. The largest absolute Gasteiger partial charge is 0.467 e. The van der Waals surface area contributed by atoms with E-state index in [1.165, 1.54) is 0 Å². The smallest absolute Gasteiger partial charge is 0.239 e. The van der Waals surface area contributed by atoms with Gasteiger partial charge in [-0.15, -0.1) is 24.0 Å². The van der Waals surface area contributed by atoms with Gasteiger partial charge in [0.25, 0.3) is 0 Å². The molecule has 2 rings (SSSR count). The molecule has 0 spiro atoms. The number of carbonyl (C=O) groups excluding carboxylic acids is 1. The van der Waals surface area contributed by atoms with Crippen LogP contribution in [0.2, 0.25) is 0 Å². The van der Waals surface area contributed by atoms with Crippen LogP contribution in [0.25, 0.3) is 0 Å². The molecule has 2 heterocycles. The molecule has 1 fully saturated rings. The van der Waals surface area contributed by atoms with Crippen LogP contribution < -0.4 is 10.6 Å². The first-order valence-corrected chi connectivity index (χ1v) is 10.7. The number of likely N-dealkylation sites (tertiary alicyclic amines) is 1. The summed E-state index contributed by atoms with van der Waals surface area (Å²) in [5.41, 5.74) is 0. The van der Waals surface area contributed by atoms with Crippen molar-refractivity contribution < 1.29 is 13.9 Å². The number of nitrogens with zero attached hydrogens (tertiary/aromatic N) is 3. The van der Waals surface area contributed by atoms with E-state index in [1.54, 1.807) is 11.2 Å². The molecule has 2 N–H and O–H groups in total. The van der Waals surface area contributed by atoms with Gasteiger partial charge in [0.2, 0.25) is 5.91 Å². The number of carbonyl (C=O) groups is 1. The zero-order chi connectivity index (χ0) is 20.9. The predicted molar refractivity (Wildman–Crippen MR) is 130 cm³/mol. The fourth-order valence-electron chi connectivity index (χ4n) is 3.43. The summed E-state index contributed by atoms with van der Waals surface area (Å²) < 4.78 is 10.8. The van der Waals surface area contributed by atoms with Gasteiger partial charge in [-0.1, -0.05) is 0 Å². The van der Waals surface area contributed by atoms with Gasteiger partial charge < -0.3 is 24.7 Å². The Morgan fingerprint density at radius 3 is 2.90 bits per heavy atom. The Bertz CT molecular complexity index is 610. The molecule has 0 aromatic carbocycles. The summed E-state index contributed by atoms with van der Waals surface area (Å²) in [6, 6.07) is 3.82. The highest BCUT2D eigenvalue weighted by atomic mass is 127. The Hall–Kier alpha value is -1.33. The fourth-order valence-corrected chi connectivity index (χ4v) is 3.43. The number of amides is 1. The number of hydrogen-bond acceptors (Lipinski definition) is 5. The second-order valence-corrected chi connectivity index (χ2v) is 7.45. The minimum Gasteiger partial charge on any atom is -0.467 e. The average Bonchev–Trinajstić information content (AvgIpc) is 3.38. The molecule has 0 radical (unpaired) electrons. The maximum absolute atomic E-state index is 12.3. The Morgan fingerprint density at radius 2 is 2.20 bits per heavy atom. The van der Waals surface area contributed by atoms with Crippen LogP contribution in [0.5, 0.6) is 0 Å². The molecule has 1 unspecified atom stereocenters. The van der Waals surface area contributed by atoms with Gasteiger partial charge in [0.1, 0.15) is 12.4 Å². The number of guanidine groups is 1. The Morgan fingerprint density at radius 1 is 1.37 bits per heavy atom. The zero-order valence-electron chi connectivity index (χ0n) is 18.6. The third-order valence-corrected chi connectivity index (χ3v) is 4.89. The predicted octanol–water partition coefficient (Wildman–Crippen LogP) is 2.30. The summed E-state index contributed by atoms with van der Waals surface area (Å²) in [6.45, 7) is 7.52. The summed E-state index contributed by atoms with van der Waals surface area (Å²) in [7, 11) is 3.67. The minimum atomic E-state index is 0. The maximum Gasteiger partial charge on any atom is 0.239 e. The van der Waals surface area contributed by atoms with Crippen LogP contribution in [-0.4, -0.2) is 81.1 Å². The number of ether oxygens (including phenoxy) is 1. The first-order chi connectivity index (χ1) is 14.1. The minimum absolute atomic E-state index is 0. The lowest BCUT2D eigenvalue weighted by atomic mass is 10.2. The third kappa shape index (κ3) is 9.65. The summed E-state index contributed by atoms with van der Waals surface area (Å²) in [5.74, 6) is 1.90. The molecule has 1 saturated heterocycles. The van der Waals surface area contributed by atoms with Crippen LogP contribution >= 0.6 is 24.0 Å². The molecular weight excluding hydrogens is 497 g/mol. The Labute approximate surface area is 197 Å². The van der Waals surface area contributed by atoms with Crippen LogP contribution in [0, 0.1) is 0 Å². The van der Waals surface area contributed by atoms with E-state index in [0.717, 1.165) is 63.6 Å². The van der Waals surface area contributed by atoms with Crippen molar-refractivity contribution in [3.05, 3.63) is 24.2 Å². The monoisotopic (exact) mass is 535 g/mol. The zero-order valence-corrected chi connectivity index (χ0v) is 20.9. The van der Waals surface area contributed by atoms with Crippen molar-refractivity contribution in [3.63, 3.8) is 0 Å². The molecule has 9 heteroatoms. The Kier molecular flexibility index (Phi) is 13.8. The van der Waals surface area contributed by atoms with Gasteiger partial charge in [-0.05, 0) is 51.3 Å². The number of furan rings is 1. The highest BCUT2D eigenvalue weighted by Gasteiger charge is 2.30. The number of hydrogen-bond donors (Lipinski definition) is 2. The third-order valence-electron chi connectivity index (χ3n) is 4.89. The van der Waals surface area contributed by atoms with Crippen molar-refractivity contribution in [1.29, 1.82) is 0 Å². The molecule has 172 valence electrons. The first-order valence-electron chi connectivity index (χ1n) is 10.7. The maximum atomic E-state index is 12.3. The summed E-state index contributed by atoms with van der Waals surface area (Å²) in [4.78, 5) is 20.9. The topological polar surface area (TPSA) is 82.3 Å². The van der Waals surface area contributed by atoms with Gasteiger partial charge in [0, 0.05) is 46.9 Å². The van der Waals surface area contributed by atoms with Crippen molar-refractivity contribution in [3.8, 4) is 0 Å². The standard InChI is InChI=1S/C21H37N5O3.HI/c1-4-22-21(24-12-8-15-28-17-18-9-6-16-29-18)23-11-7-14-26-13-5-10-19(26)20(27)25(2)3;/h6,9,16,19H,4-5,7-8,10-15,17H2,1-3H3,(H2,22,23,24);1H. The van der Waals surface area contributed by atoms with E-state index in [0.29, 0.717) is 19.8 Å². The fraction of sp³-hybridized carbons (Fsp3) is 0.714. The van der Waals surface area contributed by atoms with E-state index in [1.807, 2.05) is 26.2 Å². The van der Waals surface area contributed by atoms with Gasteiger partial charge in [0.15, 0.2) is 5.96 Å². The van der Waals surface area contributed by atoms with Crippen molar-refractivity contribution in [2.24, 2.45) is 4.99 Å². The summed E-state index contributed by atoms with van der Waals surface area (Å²) in [6.07, 6.45) is 5.56. The molecule has 0 bridgehead atoms. The normalized spacial score (nSPS) is 16.9. The highest BCUT2D eigenvalue weighted by Crippen LogP contribution is 2.18. The second-order valence-electron chi connectivity index (χ2n) is 7.45. The lowest BCUT2D eigenvalue weighted by molar-refractivity contribution is -0.133. The SMILES string of the molecule is CCNC(=NCCCOCc1ccco1)NCCCN1CCCC1C(=O)N(C)C.I. The summed E-state index contributed by atoms with van der Waals surface area (Å²) >= 11 is 0. The quantitative estimate of drug-likeness (QED) is 0.185. The lowest BCUT2D eigenvalue weighted by Gasteiger charge is -2.26. The first kappa shape index (κ1) is 26.7. The van der Waals surface area contributed by atoms with Gasteiger partial charge in [-0.25, -0.2) is 0 Å². The van der Waals surface area contributed by atoms with E-state index >= 15 is 0 Å². The average molecular weight is 535 g/mol. The summed E-state index contributed by atoms with van der Waals surface area (Å²) in [5, 5.41) is 6.66. The molecule has 1 aromatic rings. The lowest BCUT2D eigenvalue weighted by Crippen LogP contribution is -2.44. The van der Waals surface area contributed by atoms with Gasteiger partial charge in [-0.2, -0.15) is 0 Å². The number of rotatable bonds is 12.